The van der Waals surface area contributed by atoms with Crippen LogP contribution in [0.15, 0.2) is 30.5 Å². The van der Waals surface area contributed by atoms with Gasteiger partial charge in [-0.15, -0.1) is 0 Å². The maximum atomic E-state index is 13.7. The number of rotatable bonds is 3. The number of halogens is 1. The SMILES string of the molecule is COc1ccc(-c2ncc(O)cc2F)cc1OC. The molecule has 18 heavy (non-hydrogen) atoms. The average Bonchev–Trinajstić information content (AvgIpc) is 2.38. The van der Waals surface area contributed by atoms with E-state index in [4.69, 9.17) is 14.6 Å². The number of hydrogen-bond acceptors (Lipinski definition) is 4. The predicted molar refractivity (Wildman–Crippen MR) is 64.4 cm³/mol. The van der Waals surface area contributed by atoms with Crippen molar-refractivity contribution in [3.05, 3.63) is 36.3 Å². The van der Waals surface area contributed by atoms with Crippen LogP contribution in [0.4, 0.5) is 4.39 Å². The highest BCUT2D eigenvalue weighted by atomic mass is 19.1. The maximum Gasteiger partial charge on any atom is 0.161 e. The summed E-state index contributed by atoms with van der Waals surface area (Å²) in [4.78, 5) is 3.86. The summed E-state index contributed by atoms with van der Waals surface area (Å²) < 4.78 is 23.9. The number of benzene rings is 1. The zero-order valence-electron chi connectivity index (χ0n) is 9.98. The summed E-state index contributed by atoms with van der Waals surface area (Å²) in [5.41, 5.74) is 0.693. The van der Waals surface area contributed by atoms with Crippen molar-refractivity contribution < 1.29 is 19.0 Å². The van der Waals surface area contributed by atoms with Gasteiger partial charge in [-0.25, -0.2) is 9.37 Å². The third kappa shape index (κ3) is 2.20. The third-order valence-corrected chi connectivity index (χ3v) is 2.48. The normalized spacial score (nSPS) is 10.2. The lowest BCUT2D eigenvalue weighted by Crippen LogP contribution is -1.93. The molecule has 0 amide bonds. The van der Waals surface area contributed by atoms with E-state index in [1.165, 1.54) is 20.4 Å². The van der Waals surface area contributed by atoms with E-state index < -0.39 is 5.82 Å². The molecule has 0 fully saturated rings. The first kappa shape index (κ1) is 12.2. The minimum atomic E-state index is -0.595. The van der Waals surface area contributed by atoms with Gasteiger partial charge in [0.05, 0.1) is 20.4 Å². The van der Waals surface area contributed by atoms with E-state index in [0.717, 1.165) is 6.07 Å². The first-order valence-corrected chi connectivity index (χ1v) is 5.22. The molecule has 0 atom stereocenters. The fourth-order valence-corrected chi connectivity index (χ4v) is 1.62. The van der Waals surface area contributed by atoms with Gasteiger partial charge in [-0.2, -0.15) is 0 Å². The molecule has 0 aliphatic rings. The molecule has 1 aromatic heterocycles. The van der Waals surface area contributed by atoms with Crippen LogP contribution in [0.25, 0.3) is 11.3 Å². The Balaban J connectivity index is 2.51. The van der Waals surface area contributed by atoms with E-state index in [1.54, 1.807) is 18.2 Å². The van der Waals surface area contributed by atoms with Crippen molar-refractivity contribution in [3.63, 3.8) is 0 Å². The fraction of sp³-hybridized carbons (Fsp3) is 0.154. The number of methoxy groups -OCH3 is 2. The lowest BCUT2D eigenvalue weighted by molar-refractivity contribution is 0.355. The summed E-state index contributed by atoms with van der Waals surface area (Å²) in [5.74, 6) is 0.239. The van der Waals surface area contributed by atoms with Crippen molar-refractivity contribution in [1.82, 2.24) is 4.98 Å². The summed E-state index contributed by atoms with van der Waals surface area (Å²) in [6.07, 6.45) is 1.19. The second-order valence-electron chi connectivity index (χ2n) is 3.59. The molecule has 1 aromatic carbocycles. The first-order chi connectivity index (χ1) is 8.65. The van der Waals surface area contributed by atoms with Crippen molar-refractivity contribution in [2.24, 2.45) is 0 Å². The molecule has 1 heterocycles. The van der Waals surface area contributed by atoms with E-state index >= 15 is 0 Å². The molecule has 4 nitrogen and oxygen atoms in total. The molecule has 0 saturated heterocycles. The Bertz CT molecular complexity index is 572. The minimum Gasteiger partial charge on any atom is -0.506 e. The molecule has 0 spiro atoms. The van der Waals surface area contributed by atoms with Gasteiger partial charge < -0.3 is 14.6 Å². The molecule has 0 saturated carbocycles. The molecule has 1 N–H and O–H groups in total. The van der Waals surface area contributed by atoms with Crippen LogP contribution in [-0.4, -0.2) is 24.3 Å². The van der Waals surface area contributed by atoms with Gasteiger partial charge in [0.15, 0.2) is 17.3 Å². The topological polar surface area (TPSA) is 51.6 Å². The van der Waals surface area contributed by atoms with Crippen LogP contribution in [-0.2, 0) is 0 Å². The van der Waals surface area contributed by atoms with E-state index in [9.17, 15) is 4.39 Å². The van der Waals surface area contributed by atoms with Gasteiger partial charge in [0, 0.05) is 11.6 Å². The zero-order chi connectivity index (χ0) is 13.1. The van der Waals surface area contributed by atoms with Crippen molar-refractivity contribution in [2.45, 2.75) is 0 Å². The smallest absolute Gasteiger partial charge is 0.161 e. The highest BCUT2D eigenvalue weighted by molar-refractivity contribution is 5.64. The summed E-state index contributed by atoms with van der Waals surface area (Å²) in [7, 11) is 3.03. The number of nitrogens with zero attached hydrogens (tertiary/aromatic N) is 1. The Hall–Kier alpha value is -2.30. The molecule has 2 rings (SSSR count). The molecular weight excluding hydrogens is 237 g/mol. The number of pyridine rings is 1. The highest BCUT2D eigenvalue weighted by Crippen LogP contribution is 2.32. The summed E-state index contributed by atoms with van der Waals surface area (Å²) in [5, 5.41) is 9.12. The number of aromatic hydroxyl groups is 1. The second kappa shape index (κ2) is 4.91. The van der Waals surface area contributed by atoms with Gasteiger partial charge in [0.25, 0.3) is 0 Å². The first-order valence-electron chi connectivity index (χ1n) is 5.22. The molecule has 0 radical (unpaired) electrons. The van der Waals surface area contributed by atoms with E-state index in [0.29, 0.717) is 17.1 Å². The lowest BCUT2D eigenvalue weighted by Gasteiger charge is -2.09. The molecule has 2 aromatic rings. The Labute approximate surface area is 104 Å². The van der Waals surface area contributed by atoms with E-state index in [2.05, 4.69) is 4.98 Å². The largest absolute Gasteiger partial charge is 0.506 e. The summed E-state index contributed by atoms with van der Waals surface area (Å²) >= 11 is 0. The number of hydrogen-bond donors (Lipinski definition) is 1. The van der Waals surface area contributed by atoms with Crippen LogP contribution in [0.2, 0.25) is 0 Å². The van der Waals surface area contributed by atoms with Crippen LogP contribution in [0.1, 0.15) is 0 Å². The van der Waals surface area contributed by atoms with Crippen LogP contribution in [0, 0.1) is 5.82 Å². The Morgan fingerprint density at radius 1 is 1.11 bits per heavy atom. The second-order valence-corrected chi connectivity index (χ2v) is 3.59. The lowest BCUT2D eigenvalue weighted by atomic mass is 10.1. The van der Waals surface area contributed by atoms with Crippen LogP contribution in [0.5, 0.6) is 17.2 Å². The predicted octanol–water partition coefficient (Wildman–Crippen LogP) is 2.61. The van der Waals surface area contributed by atoms with Crippen molar-refractivity contribution in [3.8, 4) is 28.5 Å². The Morgan fingerprint density at radius 3 is 2.44 bits per heavy atom. The van der Waals surface area contributed by atoms with Crippen LogP contribution in [0.3, 0.4) is 0 Å². The molecular formula is C13H12FNO3. The molecule has 0 bridgehead atoms. The average molecular weight is 249 g/mol. The molecule has 94 valence electrons. The minimum absolute atomic E-state index is 0.147. The summed E-state index contributed by atoms with van der Waals surface area (Å²) in [6, 6.07) is 5.98. The Morgan fingerprint density at radius 2 is 1.83 bits per heavy atom. The maximum absolute atomic E-state index is 13.7. The number of aromatic nitrogens is 1. The fourth-order valence-electron chi connectivity index (χ4n) is 1.62. The van der Waals surface area contributed by atoms with E-state index in [-0.39, 0.29) is 11.4 Å². The van der Waals surface area contributed by atoms with Gasteiger partial charge in [-0.05, 0) is 18.2 Å². The molecule has 0 aliphatic heterocycles. The van der Waals surface area contributed by atoms with Crippen molar-refractivity contribution in [1.29, 1.82) is 0 Å². The van der Waals surface area contributed by atoms with Gasteiger partial charge in [0.1, 0.15) is 11.4 Å². The van der Waals surface area contributed by atoms with Gasteiger partial charge in [-0.1, -0.05) is 0 Å². The van der Waals surface area contributed by atoms with Gasteiger partial charge >= 0.3 is 0 Å². The van der Waals surface area contributed by atoms with Crippen molar-refractivity contribution >= 4 is 0 Å². The van der Waals surface area contributed by atoms with Crippen LogP contribution < -0.4 is 9.47 Å². The van der Waals surface area contributed by atoms with Gasteiger partial charge in [-0.3, -0.25) is 0 Å². The monoisotopic (exact) mass is 249 g/mol. The van der Waals surface area contributed by atoms with E-state index in [1.807, 2.05) is 0 Å². The molecule has 0 unspecified atom stereocenters. The standard InChI is InChI=1S/C13H12FNO3/c1-17-11-4-3-8(5-12(11)18-2)13-10(14)6-9(16)7-15-13/h3-7,16H,1-2H3. The molecule has 5 heteroatoms. The highest BCUT2D eigenvalue weighted by Gasteiger charge is 2.11. The van der Waals surface area contributed by atoms with Gasteiger partial charge in [0.2, 0.25) is 0 Å². The number of ether oxygens (including phenoxy) is 2. The van der Waals surface area contributed by atoms with Crippen molar-refractivity contribution in [2.75, 3.05) is 14.2 Å². The zero-order valence-corrected chi connectivity index (χ0v) is 9.98. The van der Waals surface area contributed by atoms with Crippen LogP contribution >= 0.6 is 0 Å². The quantitative estimate of drug-likeness (QED) is 0.908. The summed E-state index contributed by atoms with van der Waals surface area (Å²) in [6.45, 7) is 0. The third-order valence-electron chi connectivity index (χ3n) is 2.48. The molecule has 0 aliphatic carbocycles. The Kier molecular flexibility index (Phi) is 3.32.